The minimum Gasteiger partial charge on any atom is -0.491 e. The zero-order chi connectivity index (χ0) is 32.9. The van der Waals surface area contributed by atoms with E-state index in [9.17, 15) is 14.5 Å². The molecule has 0 atom stereocenters. The van der Waals surface area contributed by atoms with Crippen LogP contribution in [0.3, 0.4) is 0 Å². The Bertz CT molecular complexity index is 1660. The number of anilines is 1. The third kappa shape index (κ3) is 9.70. The Morgan fingerprint density at radius 1 is 0.913 bits per heavy atom. The quantitative estimate of drug-likeness (QED) is 0.0641. The number of pyridine rings is 2. The van der Waals surface area contributed by atoms with Gasteiger partial charge in [0.25, 0.3) is 0 Å². The predicted molar refractivity (Wildman–Crippen MR) is 179 cm³/mol. The van der Waals surface area contributed by atoms with Crippen LogP contribution in [0.5, 0.6) is 5.75 Å². The third-order valence-electron chi connectivity index (χ3n) is 7.53. The Kier molecular flexibility index (Phi) is 13.3. The number of nitrogens with zero attached hydrogens (tertiary/aromatic N) is 2. The molecule has 0 fully saturated rings. The van der Waals surface area contributed by atoms with Crippen LogP contribution in [0.15, 0.2) is 48.7 Å². The highest BCUT2D eigenvalue weighted by atomic mass is 31.2. The van der Waals surface area contributed by atoms with Gasteiger partial charge in [-0.2, -0.15) is 0 Å². The molecular formula is C34H44N3O8P. The Hall–Kier alpha value is -3.60. The number of hydrogen-bond acceptors (Lipinski definition) is 10. The number of rotatable bonds is 20. The molecular weight excluding hydrogens is 609 g/mol. The SMILES string of the molecule is CCOP(=O)(CCOCCOCCOc1ccc(CCc2cnc3c(N)nc4ccccc4c3c2CCC(=O)O)c(C)c1)OCC. The molecule has 0 bridgehead atoms. The van der Waals surface area contributed by atoms with Gasteiger partial charge < -0.3 is 34.1 Å². The number of fused-ring (bicyclic) bond motifs is 3. The first-order chi connectivity index (χ1) is 22.2. The zero-order valence-corrected chi connectivity index (χ0v) is 27.7. The van der Waals surface area contributed by atoms with Crippen molar-refractivity contribution in [2.45, 2.75) is 46.5 Å². The highest BCUT2D eigenvalue weighted by Gasteiger charge is 2.23. The van der Waals surface area contributed by atoms with Crippen LogP contribution < -0.4 is 10.5 Å². The second-order valence-electron chi connectivity index (χ2n) is 10.7. The Morgan fingerprint density at radius 3 is 2.33 bits per heavy atom. The van der Waals surface area contributed by atoms with Gasteiger partial charge in [-0.1, -0.05) is 24.3 Å². The average molecular weight is 654 g/mol. The summed E-state index contributed by atoms with van der Waals surface area (Å²) in [7, 11) is -3.09. The van der Waals surface area contributed by atoms with Gasteiger partial charge in [0.15, 0.2) is 5.82 Å². The molecule has 0 spiro atoms. The van der Waals surface area contributed by atoms with E-state index in [0.29, 0.717) is 63.8 Å². The Morgan fingerprint density at radius 2 is 1.61 bits per heavy atom. The first kappa shape index (κ1) is 35.3. The summed E-state index contributed by atoms with van der Waals surface area (Å²) in [6.07, 6.45) is 3.86. The van der Waals surface area contributed by atoms with E-state index in [0.717, 1.165) is 45.1 Å². The molecule has 2 aromatic carbocycles. The topological polar surface area (TPSA) is 152 Å². The second-order valence-corrected chi connectivity index (χ2v) is 12.9. The van der Waals surface area contributed by atoms with E-state index >= 15 is 0 Å². The molecule has 2 heterocycles. The molecule has 0 aliphatic carbocycles. The van der Waals surface area contributed by atoms with Gasteiger partial charge in [-0.15, -0.1) is 0 Å². The number of carboxylic acids is 1. The van der Waals surface area contributed by atoms with Crippen molar-refractivity contribution in [1.29, 1.82) is 0 Å². The third-order valence-corrected chi connectivity index (χ3v) is 9.56. The molecule has 46 heavy (non-hydrogen) atoms. The first-order valence-corrected chi connectivity index (χ1v) is 17.4. The minimum absolute atomic E-state index is 0.0105. The zero-order valence-electron chi connectivity index (χ0n) is 26.8. The van der Waals surface area contributed by atoms with Gasteiger partial charge in [-0.05, 0) is 80.5 Å². The standard InChI is InChI=1S/C34H44N3O8P/c1-4-44-46(40,45-5-2)21-20-42-17-16-41-18-19-43-27-13-12-25(24(3)22-27)10-11-26-23-36-33-32(28(26)14-15-31(38)39)29-8-6-7-9-30(29)37-34(33)35/h6-9,12-13,22-23H,4-5,10-11,14-21H2,1-3H3,(H2,35,37)(H,38,39). The molecule has 0 radical (unpaired) electrons. The number of hydrogen-bond donors (Lipinski definition) is 2. The van der Waals surface area contributed by atoms with Crippen LogP contribution >= 0.6 is 7.60 Å². The number of nitrogen functional groups attached to an aromatic ring is 1. The van der Waals surface area contributed by atoms with Crippen LogP contribution in [0.1, 0.15) is 42.5 Å². The van der Waals surface area contributed by atoms with Gasteiger partial charge in [0.1, 0.15) is 17.9 Å². The lowest BCUT2D eigenvalue weighted by Crippen LogP contribution is -2.13. The first-order valence-electron chi connectivity index (χ1n) is 15.7. The van der Waals surface area contributed by atoms with Crippen molar-refractivity contribution in [3.05, 3.63) is 70.9 Å². The highest BCUT2D eigenvalue weighted by Crippen LogP contribution is 2.47. The smallest absolute Gasteiger partial charge is 0.332 e. The molecule has 4 rings (SSSR count). The van der Waals surface area contributed by atoms with E-state index in [-0.39, 0.29) is 19.2 Å². The summed E-state index contributed by atoms with van der Waals surface area (Å²) in [5, 5.41) is 11.3. The predicted octanol–water partition coefficient (Wildman–Crippen LogP) is 6.15. The van der Waals surface area contributed by atoms with Crippen molar-refractivity contribution in [2.75, 3.05) is 58.1 Å². The van der Waals surface area contributed by atoms with Gasteiger partial charge in [-0.3, -0.25) is 14.3 Å². The molecule has 0 saturated heterocycles. The number of aryl methyl sites for hydroxylation is 4. The Balaban J connectivity index is 1.29. The highest BCUT2D eigenvalue weighted by molar-refractivity contribution is 7.53. The van der Waals surface area contributed by atoms with Crippen LogP contribution in [0.4, 0.5) is 5.82 Å². The summed E-state index contributed by atoms with van der Waals surface area (Å²) in [6.45, 7) is 8.11. The van der Waals surface area contributed by atoms with E-state index in [2.05, 4.69) is 23.0 Å². The molecule has 0 saturated carbocycles. The maximum absolute atomic E-state index is 12.4. The van der Waals surface area contributed by atoms with Crippen molar-refractivity contribution in [3.63, 3.8) is 0 Å². The van der Waals surface area contributed by atoms with Crippen molar-refractivity contribution in [3.8, 4) is 5.75 Å². The lowest BCUT2D eigenvalue weighted by molar-refractivity contribution is -0.136. The maximum Gasteiger partial charge on any atom is 0.332 e. The largest absolute Gasteiger partial charge is 0.491 e. The molecule has 0 amide bonds. The monoisotopic (exact) mass is 653 g/mol. The molecule has 0 aliphatic heterocycles. The van der Waals surface area contributed by atoms with Crippen molar-refractivity contribution < 1.29 is 37.7 Å². The van der Waals surface area contributed by atoms with Gasteiger partial charge in [-0.25, -0.2) is 4.98 Å². The second kappa shape index (κ2) is 17.4. The molecule has 3 N–H and O–H groups in total. The van der Waals surface area contributed by atoms with Crippen LogP contribution in [0.25, 0.3) is 21.8 Å². The van der Waals surface area contributed by atoms with E-state index < -0.39 is 13.6 Å². The summed E-state index contributed by atoms with van der Waals surface area (Å²) < 4.78 is 39.9. The molecule has 11 nitrogen and oxygen atoms in total. The van der Waals surface area contributed by atoms with E-state index in [1.54, 1.807) is 13.8 Å². The summed E-state index contributed by atoms with van der Waals surface area (Å²) in [6, 6.07) is 13.8. The molecule has 0 aliphatic rings. The minimum atomic E-state index is -3.09. The van der Waals surface area contributed by atoms with Crippen LogP contribution in [0.2, 0.25) is 0 Å². The number of para-hydroxylation sites is 1. The van der Waals surface area contributed by atoms with Crippen LogP contribution in [-0.2, 0) is 47.1 Å². The number of ether oxygens (including phenoxy) is 3. The fourth-order valence-corrected chi connectivity index (χ4v) is 6.83. The summed E-state index contributed by atoms with van der Waals surface area (Å²) in [5.74, 6) is 0.245. The van der Waals surface area contributed by atoms with Crippen LogP contribution in [0, 0.1) is 6.92 Å². The van der Waals surface area contributed by atoms with E-state index in [1.165, 1.54) is 5.56 Å². The number of aromatic nitrogens is 2. The number of aliphatic carboxylic acids is 1. The van der Waals surface area contributed by atoms with Gasteiger partial charge in [0.05, 0.1) is 51.3 Å². The fraction of sp³-hybridized carbons (Fsp3) is 0.441. The lowest BCUT2D eigenvalue weighted by Gasteiger charge is -2.16. The summed E-state index contributed by atoms with van der Waals surface area (Å²) >= 11 is 0. The van der Waals surface area contributed by atoms with Crippen molar-refractivity contribution >= 4 is 41.2 Å². The summed E-state index contributed by atoms with van der Waals surface area (Å²) in [5.41, 5.74) is 11.9. The van der Waals surface area contributed by atoms with Gasteiger partial charge in [0.2, 0.25) is 0 Å². The Labute approximate surface area is 269 Å². The van der Waals surface area contributed by atoms with Crippen LogP contribution in [-0.4, -0.2) is 73.5 Å². The average Bonchev–Trinajstić information content (AvgIpc) is 3.03. The van der Waals surface area contributed by atoms with E-state index in [1.807, 2.05) is 42.6 Å². The number of carboxylic acid groups (broad SMARTS) is 1. The number of benzene rings is 2. The lowest BCUT2D eigenvalue weighted by atomic mass is 9.92. The van der Waals surface area contributed by atoms with Crippen molar-refractivity contribution in [1.82, 2.24) is 9.97 Å². The molecule has 248 valence electrons. The van der Waals surface area contributed by atoms with Gasteiger partial charge >= 0.3 is 13.6 Å². The fourth-order valence-electron chi connectivity index (χ4n) is 5.36. The molecule has 0 unspecified atom stereocenters. The summed E-state index contributed by atoms with van der Waals surface area (Å²) in [4.78, 5) is 20.7. The normalized spacial score (nSPS) is 11.8. The van der Waals surface area contributed by atoms with E-state index in [4.69, 9.17) is 29.0 Å². The molecule has 12 heteroatoms. The van der Waals surface area contributed by atoms with Crippen molar-refractivity contribution in [2.24, 2.45) is 0 Å². The van der Waals surface area contributed by atoms with Gasteiger partial charge in [0, 0.05) is 23.4 Å². The number of nitrogens with two attached hydrogens (primary N) is 1. The maximum atomic E-state index is 12.4. The molecule has 4 aromatic rings. The number of carbonyl (C=O) groups is 1. The molecule has 2 aromatic heterocycles.